The molecule has 55 heavy (non-hydrogen) atoms. The highest BCUT2D eigenvalue weighted by Crippen LogP contribution is 2.55. The van der Waals surface area contributed by atoms with Crippen molar-refractivity contribution in [2.75, 3.05) is 4.90 Å². The quantitative estimate of drug-likeness (QED) is 0.171. The average Bonchev–Trinajstić information content (AvgIpc) is 3.73. The third-order valence-electron chi connectivity index (χ3n) is 11.8. The minimum Gasteiger partial charge on any atom is -0.308 e. The molecule has 0 fully saturated rings. The summed E-state index contributed by atoms with van der Waals surface area (Å²) < 4.78 is 2.61. The van der Waals surface area contributed by atoms with Gasteiger partial charge in [-0.25, -0.2) is 0 Å². The van der Waals surface area contributed by atoms with Gasteiger partial charge in [0.1, 0.15) is 0 Å². The maximum absolute atomic E-state index is 2.51. The van der Waals surface area contributed by atoms with Gasteiger partial charge in [-0.2, -0.15) is 0 Å². The van der Waals surface area contributed by atoms with Gasteiger partial charge in [-0.3, -0.25) is 0 Å². The Morgan fingerprint density at radius 1 is 0.418 bits per heavy atom. The summed E-state index contributed by atoms with van der Waals surface area (Å²) in [6, 6.07) is 69.7. The largest absolute Gasteiger partial charge is 0.308 e. The zero-order chi connectivity index (χ0) is 36.7. The molecule has 1 heterocycles. The lowest BCUT2D eigenvalue weighted by Crippen LogP contribution is -2.16. The second kappa shape index (κ2) is 12.3. The van der Waals surface area contributed by atoms with Gasteiger partial charge in [-0.05, 0) is 109 Å². The minimum absolute atomic E-state index is 0.0919. The number of fused-ring (bicyclic) bond motifs is 8. The Labute approximate surface area is 325 Å². The Hall–Kier alpha value is -6.48. The predicted octanol–water partition coefficient (Wildman–Crippen LogP) is 15.5. The highest BCUT2D eigenvalue weighted by Gasteiger charge is 2.38. The molecule has 0 unspecified atom stereocenters. The van der Waals surface area contributed by atoms with Crippen LogP contribution in [0.2, 0.25) is 0 Å². The molecule has 0 saturated heterocycles. The summed E-state index contributed by atoms with van der Waals surface area (Å²) in [5.41, 5.74) is 13.7. The van der Waals surface area contributed by atoms with Crippen molar-refractivity contribution in [2.45, 2.75) is 19.3 Å². The first-order valence-electron chi connectivity index (χ1n) is 19.1. The zero-order valence-corrected chi connectivity index (χ0v) is 31.6. The van der Waals surface area contributed by atoms with Crippen molar-refractivity contribution in [3.05, 3.63) is 199 Å². The van der Waals surface area contributed by atoms with Gasteiger partial charge in [0.2, 0.25) is 0 Å². The highest BCUT2D eigenvalue weighted by atomic mass is 32.1. The van der Waals surface area contributed by atoms with Crippen molar-refractivity contribution >= 4 is 70.1 Å². The summed E-state index contributed by atoms with van der Waals surface area (Å²) in [6.07, 6.45) is 0. The smallest absolute Gasteiger partial charge is 0.0640 e. The van der Waals surface area contributed by atoms with Crippen molar-refractivity contribution in [2.24, 2.45) is 0 Å². The van der Waals surface area contributed by atoms with Gasteiger partial charge in [0, 0.05) is 32.1 Å². The maximum atomic E-state index is 2.51. The monoisotopic (exact) mass is 719 g/mol. The van der Waals surface area contributed by atoms with Crippen LogP contribution in [0, 0.1) is 0 Å². The maximum Gasteiger partial charge on any atom is 0.0640 e. The van der Waals surface area contributed by atoms with Gasteiger partial charge >= 0.3 is 0 Å². The number of thiophene rings is 1. The van der Waals surface area contributed by atoms with E-state index in [0.29, 0.717) is 0 Å². The SMILES string of the molecule is CC1(C)c2ccccc2-c2c(N(c3ccc(-c4ccc5ccc(-c6ccc7ccccc7c6)cc5c4)cc3)c3cccc4c3sc3ccccc34)cccc21. The van der Waals surface area contributed by atoms with Gasteiger partial charge in [-0.1, -0.05) is 153 Å². The van der Waals surface area contributed by atoms with Crippen LogP contribution in [-0.2, 0) is 5.41 Å². The van der Waals surface area contributed by atoms with Crippen molar-refractivity contribution in [3.63, 3.8) is 0 Å². The van der Waals surface area contributed by atoms with Crippen LogP contribution in [0.25, 0.3) is 75.1 Å². The first-order chi connectivity index (χ1) is 27.0. The molecule has 2 heteroatoms. The van der Waals surface area contributed by atoms with E-state index >= 15 is 0 Å². The first-order valence-corrected chi connectivity index (χ1v) is 19.9. The summed E-state index contributed by atoms with van der Waals surface area (Å²) >= 11 is 1.88. The molecule has 1 aromatic heterocycles. The summed E-state index contributed by atoms with van der Waals surface area (Å²) in [5, 5.41) is 7.62. The van der Waals surface area contributed by atoms with Crippen molar-refractivity contribution in [1.29, 1.82) is 0 Å². The number of anilines is 3. The van der Waals surface area contributed by atoms with E-state index in [1.54, 1.807) is 0 Å². The summed E-state index contributed by atoms with van der Waals surface area (Å²) in [4.78, 5) is 2.51. The number of nitrogens with zero attached hydrogens (tertiary/aromatic N) is 1. The van der Waals surface area contributed by atoms with E-state index in [1.165, 1.54) is 97.6 Å². The van der Waals surface area contributed by atoms with E-state index in [1.807, 2.05) is 11.3 Å². The Morgan fingerprint density at radius 2 is 0.982 bits per heavy atom. The summed E-state index contributed by atoms with van der Waals surface area (Å²) in [5.74, 6) is 0. The minimum atomic E-state index is -0.0919. The second-order valence-electron chi connectivity index (χ2n) is 15.3. The Morgan fingerprint density at radius 3 is 1.78 bits per heavy atom. The lowest BCUT2D eigenvalue weighted by Gasteiger charge is -2.29. The molecule has 0 bridgehead atoms. The van der Waals surface area contributed by atoms with Crippen LogP contribution in [0.15, 0.2) is 188 Å². The van der Waals surface area contributed by atoms with Gasteiger partial charge in [0.05, 0.1) is 16.1 Å². The second-order valence-corrected chi connectivity index (χ2v) is 16.4. The molecule has 0 aliphatic heterocycles. The average molecular weight is 720 g/mol. The Kier molecular flexibility index (Phi) is 7.14. The molecule has 9 aromatic carbocycles. The van der Waals surface area contributed by atoms with Gasteiger partial charge < -0.3 is 4.90 Å². The van der Waals surface area contributed by atoms with Gasteiger partial charge in [0.25, 0.3) is 0 Å². The normalized spacial score (nSPS) is 13.1. The molecule has 0 radical (unpaired) electrons. The third-order valence-corrected chi connectivity index (χ3v) is 13.0. The molecule has 0 saturated carbocycles. The van der Waals surface area contributed by atoms with Crippen molar-refractivity contribution in [3.8, 4) is 33.4 Å². The molecule has 260 valence electrons. The van der Waals surface area contributed by atoms with Crippen LogP contribution in [0.5, 0.6) is 0 Å². The number of benzene rings is 9. The van der Waals surface area contributed by atoms with Crippen molar-refractivity contribution in [1.82, 2.24) is 0 Å². The van der Waals surface area contributed by atoms with E-state index in [2.05, 4.69) is 207 Å². The zero-order valence-electron chi connectivity index (χ0n) is 30.8. The molecule has 10 aromatic rings. The standard InChI is InChI=1S/C53H37NS/c1-53(2)46-16-7-5-14-45(46)51-47(53)17-10-18-48(51)54(49-19-9-15-44-43-13-6-8-20-50(43)55-52(44)49)42-29-27-35(28-30-42)38-24-22-36-23-26-40(33-41(36)32-38)39-25-21-34-11-3-4-12-37(34)31-39/h3-33H,1-2H3. The number of hydrogen-bond acceptors (Lipinski definition) is 2. The Bertz CT molecular complexity index is 3130. The van der Waals surface area contributed by atoms with E-state index in [4.69, 9.17) is 0 Å². The van der Waals surface area contributed by atoms with Crippen LogP contribution in [0.4, 0.5) is 17.1 Å². The predicted molar refractivity (Wildman–Crippen MR) is 237 cm³/mol. The van der Waals surface area contributed by atoms with E-state index in [9.17, 15) is 0 Å². The first kappa shape index (κ1) is 32.0. The van der Waals surface area contributed by atoms with Crippen LogP contribution in [0.1, 0.15) is 25.0 Å². The molecule has 0 N–H and O–H groups in total. The molecular formula is C53H37NS. The number of rotatable bonds is 5. The van der Waals surface area contributed by atoms with E-state index in [-0.39, 0.29) is 5.41 Å². The molecular weight excluding hydrogens is 683 g/mol. The Balaban J connectivity index is 1.05. The van der Waals surface area contributed by atoms with Crippen LogP contribution >= 0.6 is 11.3 Å². The molecule has 1 aliphatic carbocycles. The molecule has 11 rings (SSSR count). The van der Waals surface area contributed by atoms with Crippen LogP contribution in [0.3, 0.4) is 0 Å². The lowest BCUT2D eigenvalue weighted by molar-refractivity contribution is 0.660. The molecule has 0 atom stereocenters. The molecule has 0 spiro atoms. The number of hydrogen-bond donors (Lipinski definition) is 0. The van der Waals surface area contributed by atoms with Crippen LogP contribution < -0.4 is 4.90 Å². The topological polar surface area (TPSA) is 3.24 Å². The van der Waals surface area contributed by atoms with Crippen molar-refractivity contribution < 1.29 is 0 Å². The molecule has 1 aliphatic rings. The van der Waals surface area contributed by atoms with Crippen LogP contribution in [-0.4, -0.2) is 0 Å². The fourth-order valence-corrected chi connectivity index (χ4v) is 10.2. The third kappa shape index (κ3) is 5.06. The summed E-state index contributed by atoms with van der Waals surface area (Å²) in [6.45, 7) is 4.73. The molecule has 0 amide bonds. The fraction of sp³-hybridized carbons (Fsp3) is 0.0566. The molecule has 1 nitrogen and oxygen atoms in total. The van der Waals surface area contributed by atoms with Gasteiger partial charge in [0.15, 0.2) is 0 Å². The lowest BCUT2D eigenvalue weighted by atomic mass is 9.82. The van der Waals surface area contributed by atoms with E-state index < -0.39 is 0 Å². The van der Waals surface area contributed by atoms with Gasteiger partial charge in [-0.15, -0.1) is 11.3 Å². The highest BCUT2D eigenvalue weighted by molar-refractivity contribution is 7.26. The fourth-order valence-electron chi connectivity index (χ4n) is 9.02. The summed E-state index contributed by atoms with van der Waals surface area (Å²) in [7, 11) is 0. The van der Waals surface area contributed by atoms with E-state index in [0.717, 1.165) is 5.69 Å².